The van der Waals surface area contributed by atoms with E-state index in [-0.39, 0.29) is 29.1 Å². The van der Waals surface area contributed by atoms with Crippen LogP contribution in [0.5, 0.6) is 0 Å². The first-order chi connectivity index (χ1) is 11.3. The highest BCUT2D eigenvalue weighted by Crippen LogP contribution is 2.39. The highest BCUT2D eigenvalue weighted by molar-refractivity contribution is 5.92. The number of carbonyl (C=O) groups excluding carboxylic acids is 2. The van der Waals surface area contributed by atoms with Crippen LogP contribution in [0.1, 0.15) is 55.7 Å². The van der Waals surface area contributed by atoms with Crippen molar-refractivity contribution in [2.75, 3.05) is 13.1 Å². The molecule has 2 aliphatic rings. The molecule has 3 heterocycles. The zero-order valence-corrected chi connectivity index (χ0v) is 14.5. The fourth-order valence-electron chi connectivity index (χ4n) is 4.34. The van der Waals surface area contributed by atoms with E-state index >= 15 is 0 Å². The minimum absolute atomic E-state index is 0.0298. The summed E-state index contributed by atoms with van der Waals surface area (Å²) in [6.07, 6.45) is 3.48. The van der Waals surface area contributed by atoms with Crippen molar-refractivity contribution in [1.29, 1.82) is 0 Å². The molecule has 2 fully saturated rings. The summed E-state index contributed by atoms with van der Waals surface area (Å²) in [4.78, 5) is 46.8. The Morgan fingerprint density at radius 2 is 2.08 bits per heavy atom. The Bertz CT molecular complexity index is 729. The van der Waals surface area contributed by atoms with Gasteiger partial charge in [0.15, 0.2) is 0 Å². The van der Waals surface area contributed by atoms with Crippen molar-refractivity contribution in [2.45, 2.75) is 58.0 Å². The molecule has 1 aromatic heterocycles. The maximum Gasteiger partial charge on any atom is 0.345 e. The van der Waals surface area contributed by atoms with Crippen LogP contribution in [-0.2, 0) is 4.79 Å². The summed E-state index contributed by atoms with van der Waals surface area (Å²) >= 11 is 0. The zero-order valence-electron chi connectivity index (χ0n) is 14.5. The Balaban J connectivity index is 1.94. The second kappa shape index (κ2) is 6.03. The molecule has 7 heteroatoms. The lowest BCUT2D eigenvalue weighted by molar-refractivity contribution is -0.143. The number of hydrogen-bond donors (Lipinski definition) is 1. The highest BCUT2D eigenvalue weighted by atomic mass is 16.2. The van der Waals surface area contributed by atoms with E-state index in [0.717, 1.165) is 32.2 Å². The van der Waals surface area contributed by atoms with Gasteiger partial charge < -0.3 is 14.8 Å². The van der Waals surface area contributed by atoms with Crippen LogP contribution in [0, 0.1) is 6.92 Å². The third kappa shape index (κ3) is 2.72. The summed E-state index contributed by atoms with van der Waals surface area (Å²) in [7, 11) is 0. The van der Waals surface area contributed by atoms with Crippen LogP contribution in [-0.4, -0.2) is 56.3 Å². The van der Waals surface area contributed by atoms with E-state index < -0.39 is 5.69 Å². The number of likely N-dealkylation sites (tertiary alicyclic amines) is 2. The molecule has 0 bridgehead atoms. The molecule has 0 aliphatic carbocycles. The number of piperidine rings is 2. The molecule has 2 atom stereocenters. The van der Waals surface area contributed by atoms with E-state index in [2.05, 4.69) is 16.9 Å². The van der Waals surface area contributed by atoms with Gasteiger partial charge >= 0.3 is 5.69 Å². The van der Waals surface area contributed by atoms with Crippen molar-refractivity contribution in [3.8, 4) is 0 Å². The number of aryl methyl sites for hydroxylation is 1. The predicted molar refractivity (Wildman–Crippen MR) is 88.7 cm³/mol. The number of fused-ring (bicyclic) bond motifs is 1. The Hall–Kier alpha value is -2.18. The van der Waals surface area contributed by atoms with Crippen molar-refractivity contribution in [3.05, 3.63) is 27.9 Å². The molecule has 2 amide bonds. The SMILES string of the molecule is CC(=O)N1CCC[C@@H]2N(C(=O)c3cc(C)[nH]c(=O)n3)CCC[C@@]21C. The summed E-state index contributed by atoms with van der Waals surface area (Å²) in [6.45, 7) is 6.79. The quantitative estimate of drug-likeness (QED) is 0.834. The fraction of sp³-hybridized carbons (Fsp3) is 0.647. The number of H-pyrrole nitrogens is 1. The number of aromatic amines is 1. The largest absolute Gasteiger partial charge is 0.345 e. The third-order valence-electron chi connectivity index (χ3n) is 5.39. The van der Waals surface area contributed by atoms with Crippen molar-refractivity contribution in [1.82, 2.24) is 19.8 Å². The monoisotopic (exact) mass is 332 g/mol. The maximum atomic E-state index is 13.0. The maximum absolute atomic E-state index is 13.0. The second-order valence-electron chi connectivity index (χ2n) is 7.04. The molecular formula is C17H24N4O3. The van der Waals surface area contributed by atoms with Gasteiger partial charge in [-0.05, 0) is 45.6 Å². The van der Waals surface area contributed by atoms with E-state index in [1.165, 1.54) is 0 Å². The van der Waals surface area contributed by atoms with Crippen LogP contribution < -0.4 is 5.69 Å². The van der Waals surface area contributed by atoms with E-state index in [0.29, 0.717) is 12.2 Å². The predicted octanol–water partition coefficient (Wildman–Crippen LogP) is 1.08. The van der Waals surface area contributed by atoms with Crippen molar-refractivity contribution in [3.63, 3.8) is 0 Å². The highest BCUT2D eigenvalue weighted by Gasteiger charge is 2.49. The smallest absolute Gasteiger partial charge is 0.335 e. The molecule has 1 aromatic rings. The average molecular weight is 332 g/mol. The molecule has 0 unspecified atom stereocenters. The topological polar surface area (TPSA) is 86.4 Å². The number of amides is 2. The first-order valence-corrected chi connectivity index (χ1v) is 8.50. The molecule has 2 aliphatic heterocycles. The van der Waals surface area contributed by atoms with Gasteiger partial charge in [0.1, 0.15) is 5.69 Å². The molecule has 0 spiro atoms. The molecule has 2 saturated heterocycles. The minimum atomic E-state index is -0.507. The lowest BCUT2D eigenvalue weighted by Crippen LogP contribution is -2.68. The Morgan fingerprint density at radius 3 is 2.75 bits per heavy atom. The summed E-state index contributed by atoms with van der Waals surface area (Å²) in [5.74, 6) is -0.160. The van der Waals surface area contributed by atoms with Crippen LogP contribution in [0.2, 0.25) is 0 Å². The molecule has 0 saturated carbocycles. The van der Waals surface area contributed by atoms with Crippen LogP contribution in [0.3, 0.4) is 0 Å². The number of aromatic nitrogens is 2. The van der Waals surface area contributed by atoms with Crippen molar-refractivity contribution < 1.29 is 9.59 Å². The number of carbonyl (C=O) groups is 2. The number of nitrogens with zero attached hydrogens (tertiary/aromatic N) is 3. The number of rotatable bonds is 1. The summed E-state index contributed by atoms with van der Waals surface area (Å²) in [5.41, 5.74) is -0.0477. The van der Waals surface area contributed by atoms with E-state index in [4.69, 9.17) is 0 Å². The van der Waals surface area contributed by atoms with Crippen LogP contribution in [0.15, 0.2) is 10.9 Å². The first kappa shape index (κ1) is 16.7. The van der Waals surface area contributed by atoms with Gasteiger partial charge in [-0.1, -0.05) is 0 Å². The van der Waals surface area contributed by atoms with Crippen LogP contribution >= 0.6 is 0 Å². The van der Waals surface area contributed by atoms with E-state index in [1.54, 1.807) is 19.9 Å². The average Bonchev–Trinajstić information content (AvgIpc) is 2.51. The van der Waals surface area contributed by atoms with Crippen LogP contribution in [0.4, 0.5) is 0 Å². The molecular weight excluding hydrogens is 308 g/mol. The molecule has 3 rings (SSSR count). The lowest BCUT2D eigenvalue weighted by atomic mass is 9.76. The Labute approximate surface area is 141 Å². The third-order valence-corrected chi connectivity index (χ3v) is 5.39. The molecule has 0 aromatic carbocycles. The molecule has 7 nitrogen and oxygen atoms in total. The van der Waals surface area contributed by atoms with Gasteiger partial charge in [-0.2, -0.15) is 4.98 Å². The lowest BCUT2D eigenvalue weighted by Gasteiger charge is -2.56. The van der Waals surface area contributed by atoms with Gasteiger partial charge in [0.25, 0.3) is 5.91 Å². The Kier molecular flexibility index (Phi) is 4.19. The molecule has 0 radical (unpaired) electrons. The van der Waals surface area contributed by atoms with Gasteiger partial charge in [-0.3, -0.25) is 9.59 Å². The van der Waals surface area contributed by atoms with E-state index in [9.17, 15) is 14.4 Å². The fourth-order valence-corrected chi connectivity index (χ4v) is 4.34. The first-order valence-electron chi connectivity index (χ1n) is 8.50. The molecule has 1 N–H and O–H groups in total. The second-order valence-corrected chi connectivity index (χ2v) is 7.04. The zero-order chi connectivity index (χ0) is 17.5. The van der Waals surface area contributed by atoms with Gasteiger partial charge in [0.2, 0.25) is 5.91 Å². The molecule has 24 heavy (non-hydrogen) atoms. The number of hydrogen-bond acceptors (Lipinski definition) is 4. The van der Waals surface area contributed by atoms with Gasteiger partial charge in [-0.25, -0.2) is 4.79 Å². The van der Waals surface area contributed by atoms with Gasteiger partial charge in [0.05, 0.1) is 11.6 Å². The number of nitrogens with one attached hydrogen (secondary N) is 1. The van der Waals surface area contributed by atoms with E-state index in [1.807, 2.05) is 9.80 Å². The summed E-state index contributed by atoms with van der Waals surface area (Å²) in [6, 6.07) is 1.58. The van der Waals surface area contributed by atoms with Gasteiger partial charge in [0, 0.05) is 25.7 Å². The van der Waals surface area contributed by atoms with Crippen LogP contribution in [0.25, 0.3) is 0 Å². The van der Waals surface area contributed by atoms with Crippen molar-refractivity contribution >= 4 is 11.8 Å². The summed E-state index contributed by atoms with van der Waals surface area (Å²) < 4.78 is 0. The minimum Gasteiger partial charge on any atom is -0.335 e. The summed E-state index contributed by atoms with van der Waals surface area (Å²) in [5, 5.41) is 0. The standard InChI is InChI=1S/C17H24N4O3/c1-11-10-13(19-16(24)18-11)15(23)20-8-5-7-17(3)14(20)6-4-9-21(17)12(2)22/h10,14H,4-9H2,1-3H3,(H,18,19,24)/t14-,17-/m0/s1. The molecule has 130 valence electrons. The Morgan fingerprint density at radius 1 is 1.33 bits per heavy atom. The van der Waals surface area contributed by atoms with Crippen molar-refractivity contribution in [2.24, 2.45) is 0 Å². The normalized spacial score (nSPS) is 26.9. The van der Waals surface area contributed by atoms with Gasteiger partial charge in [-0.15, -0.1) is 0 Å².